The van der Waals surface area contributed by atoms with E-state index < -0.39 is 0 Å². The summed E-state index contributed by atoms with van der Waals surface area (Å²) in [5.74, 6) is 0.970. The Kier molecular flexibility index (Phi) is 2.14. The predicted molar refractivity (Wildman–Crippen MR) is 53.8 cm³/mol. The second-order valence-corrected chi connectivity index (χ2v) is 3.49. The second-order valence-electron chi connectivity index (χ2n) is 2.68. The molecule has 0 N–H and O–H groups in total. The number of aryl methyl sites for hydroxylation is 1. The van der Waals surface area contributed by atoms with Crippen LogP contribution in [0.5, 0.6) is 0 Å². The molecule has 0 saturated heterocycles. The molecule has 2 heterocycles. The van der Waals surface area contributed by atoms with Crippen LogP contribution < -0.4 is 0 Å². The van der Waals surface area contributed by atoms with Crippen LogP contribution >= 0.6 is 15.9 Å². The SMILES string of the molecule is Cc1nccn1-c1ccnc(Br)c1. The van der Waals surface area contributed by atoms with E-state index in [2.05, 4.69) is 25.9 Å². The summed E-state index contributed by atoms with van der Waals surface area (Å²) in [6.07, 6.45) is 5.47. The van der Waals surface area contributed by atoms with Crippen LogP contribution in [0.15, 0.2) is 35.3 Å². The van der Waals surface area contributed by atoms with Crippen molar-refractivity contribution in [2.24, 2.45) is 0 Å². The number of hydrogen-bond acceptors (Lipinski definition) is 2. The summed E-state index contributed by atoms with van der Waals surface area (Å²) in [5.41, 5.74) is 1.07. The quantitative estimate of drug-likeness (QED) is 0.714. The number of pyridine rings is 1. The van der Waals surface area contributed by atoms with Crippen LogP contribution in [0.2, 0.25) is 0 Å². The molecule has 0 aromatic carbocycles. The molecule has 2 aromatic heterocycles. The van der Waals surface area contributed by atoms with E-state index in [9.17, 15) is 0 Å². The van der Waals surface area contributed by atoms with Gasteiger partial charge in [0.2, 0.25) is 0 Å². The first-order valence-electron chi connectivity index (χ1n) is 3.89. The van der Waals surface area contributed by atoms with Gasteiger partial charge in [-0.2, -0.15) is 0 Å². The molecule has 0 bridgehead atoms. The van der Waals surface area contributed by atoms with Crippen LogP contribution in [0, 0.1) is 6.92 Å². The lowest BCUT2D eigenvalue weighted by atomic mass is 10.4. The summed E-state index contributed by atoms with van der Waals surface area (Å²) in [4.78, 5) is 8.21. The van der Waals surface area contributed by atoms with Gasteiger partial charge in [0, 0.05) is 18.6 Å². The zero-order valence-electron chi connectivity index (χ0n) is 7.11. The molecule has 0 fully saturated rings. The van der Waals surface area contributed by atoms with E-state index in [4.69, 9.17) is 0 Å². The summed E-state index contributed by atoms with van der Waals surface area (Å²) >= 11 is 3.33. The molecular weight excluding hydrogens is 230 g/mol. The molecule has 2 rings (SSSR count). The van der Waals surface area contributed by atoms with Crippen molar-refractivity contribution in [1.29, 1.82) is 0 Å². The standard InChI is InChI=1S/C9H8BrN3/c1-7-11-4-5-13(7)8-2-3-12-9(10)6-8/h2-6H,1H3. The molecule has 2 aromatic rings. The highest BCUT2D eigenvalue weighted by Crippen LogP contribution is 2.13. The predicted octanol–water partition coefficient (Wildman–Crippen LogP) is 2.34. The summed E-state index contributed by atoms with van der Waals surface area (Å²) in [6, 6.07) is 3.90. The number of imidazole rings is 1. The topological polar surface area (TPSA) is 30.7 Å². The van der Waals surface area contributed by atoms with Gasteiger partial charge in [0.1, 0.15) is 10.4 Å². The van der Waals surface area contributed by atoms with Crippen molar-refractivity contribution in [2.75, 3.05) is 0 Å². The normalized spacial score (nSPS) is 10.3. The maximum atomic E-state index is 4.15. The van der Waals surface area contributed by atoms with Gasteiger partial charge < -0.3 is 4.57 Å². The maximum absolute atomic E-state index is 4.15. The van der Waals surface area contributed by atoms with E-state index in [0.29, 0.717) is 0 Å². The highest BCUT2D eigenvalue weighted by atomic mass is 79.9. The third kappa shape index (κ3) is 1.62. The van der Waals surface area contributed by atoms with E-state index in [1.165, 1.54) is 0 Å². The molecule has 13 heavy (non-hydrogen) atoms. The van der Waals surface area contributed by atoms with Gasteiger partial charge in [-0.1, -0.05) is 0 Å². The number of aromatic nitrogens is 3. The Labute approximate surface area is 84.6 Å². The lowest BCUT2D eigenvalue weighted by Gasteiger charge is -2.03. The molecule has 0 spiro atoms. The number of nitrogens with zero attached hydrogens (tertiary/aromatic N) is 3. The Hall–Kier alpha value is -1.16. The van der Waals surface area contributed by atoms with E-state index in [1.54, 1.807) is 12.4 Å². The molecule has 0 aliphatic carbocycles. The highest BCUT2D eigenvalue weighted by molar-refractivity contribution is 9.10. The van der Waals surface area contributed by atoms with Crippen LogP contribution in [0.3, 0.4) is 0 Å². The third-order valence-corrected chi connectivity index (χ3v) is 2.25. The molecule has 0 atom stereocenters. The summed E-state index contributed by atoms with van der Waals surface area (Å²) < 4.78 is 2.84. The molecule has 0 aliphatic heterocycles. The van der Waals surface area contributed by atoms with E-state index in [0.717, 1.165) is 16.1 Å². The zero-order chi connectivity index (χ0) is 9.26. The fourth-order valence-corrected chi connectivity index (χ4v) is 1.55. The fraction of sp³-hybridized carbons (Fsp3) is 0.111. The van der Waals surface area contributed by atoms with Gasteiger partial charge in [-0.3, -0.25) is 0 Å². The lowest BCUT2D eigenvalue weighted by molar-refractivity contribution is 0.968. The van der Waals surface area contributed by atoms with Crippen molar-refractivity contribution >= 4 is 15.9 Å². The van der Waals surface area contributed by atoms with E-state index >= 15 is 0 Å². The first-order valence-corrected chi connectivity index (χ1v) is 4.68. The maximum Gasteiger partial charge on any atom is 0.110 e. The van der Waals surface area contributed by atoms with E-state index in [1.807, 2.05) is 29.8 Å². The number of halogens is 1. The Morgan fingerprint density at radius 1 is 1.31 bits per heavy atom. The average molecular weight is 238 g/mol. The molecule has 0 aliphatic rings. The smallest absolute Gasteiger partial charge is 0.110 e. The molecule has 0 amide bonds. The van der Waals surface area contributed by atoms with Crippen LogP contribution in [0.25, 0.3) is 5.69 Å². The van der Waals surface area contributed by atoms with Crippen LogP contribution in [0.1, 0.15) is 5.82 Å². The zero-order valence-corrected chi connectivity index (χ0v) is 8.69. The van der Waals surface area contributed by atoms with Crippen molar-refractivity contribution in [3.05, 3.63) is 41.2 Å². The van der Waals surface area contributed by atoms with Crippen molar-refractivity contribution < 1.29 is 0 Å². The minimum atomic E-state index is 0.832. The summed E-state index contributed by atoms with van der Waals surface area (Å²) in [7, 11) is 0. The average Bonchev–Trinajstić information content (AvgIpc) is 2.51. The lowest BCUT2D eigenvalue weighted by Crippen LogP contribution is -1.95. The first-order chi connectivity index (χ1) is 6.27. The molecule has 4 heteroatoms. The van der Waals surface area contributed by atoms with Crippen molar-refractivity contribution in [1.82, 2.24) is 14.5 Å². The van der Waals surface area contributed by atoms with Gasteiger partial charge in [-0.25, -0.2) is 9.97 Å². The molecule has 0 saturated carbocycles. The van der Waals surface area contributed by atoms with Gasteiger partial charge in [0.05, 0.1) is 5.69 Å². The monoisotopic (exact) mass is 237 g/mol. The number of hydrogen-bond donors (Lipinski definition) is 0. The van der Waals surface area contributed by atoms with Crippen molar-refractivity contribution in [3.8, 4) is 5.69 Å². The minimum Gasteiger partial charge on any atom is -0.304 e. The summed E-state index contributed by atoms with van der Waals surface area (Å²) in [5, 5.41) is 0. The van der Waals surface area contributed by atoms with E-state index in [-0.39, 0.29) is 0 Å². The Bertz CT molecular complexity index is 422. The molecular formula is C9H8BrN3. The molecule has 3 nitrogen and oxygen atoms in total. The number of rotatable bonds is 1. The largest absolute Gasteiger partial charge is 0.304 e. The molecule has 66 valence electrons. The van der Waals surface area contributed by atoms with Crippen molar-refractivity contribution in [2.45, 2.75) is 6.92 Å². The van der Waals surface area contributed by atoms with Gasteiger partial charge >= 0.3 is 0 Å². The Morgan fingerprint density at radius 2 is 2.15 bits per heavy atom. The molecule has 0 unspecified atom stereocenters. The van der Waals surface area contributed by atoms with Crippen LogP contribution in [-0.4, -0.2) is 14.5 Å². The van der Waals surface area contributed by atoms with Crippen LogP contribution in [0.4, 0.5) is 0 Å². The van der Waals surface area contributed by atoms with Gasteiger partial charge in [0.25, 0.3) is 0 Å². The van der Waals surface area contributed by atoms with Crippen molar-refractivity contribution in [3.63, 3.8) is 0 Å². The summed E-state index contributed by atoms with van der Waals surface area (Å²) in [6.45, 7) is 1.97. The minimum absolute atomic E-state index is 0.832. The Balaban J connectivity index is 2.53. The molecule has 0 radical (unpaired) electrons. The van der Waals surface area contributed by atoms with Gasteiger partial charge in [-0.05, 0) is 35.0 Å². The first kappa shape index (κ1) is 8.44. The second kappa shape index (κ2) is 3.30. The van der Waals surface area contributed by atoms with Crippen LogP contribution in [-0.2, 0) is 0 Å². The highest BCUT2D eigenvalue weighted by Gasteiger charge is 1.99. The van der Waals surface area contributed by atoms with Gasteiger partial charge in [0.15, 0.2) is 0 Å². The van der Waals surface area contributed by atoms with Gasteiger partial charge in [-0.15, -0.1) is 0 Å². The third-order valence-electron chi connectivity index (χ3n) is 1.81. The Morgan fingerprint density at radius 3 is 2.77 bits per heavy atom. The fourth-order valence-electron chi connectivity index (χ4n) is 1.19.